The SMILES string of the molecule is c1ccc(-c2nc(-c3ccccc3)nc(-c3cccc(-n4c5ccccc5c5cccc(-c6ccc7c(c6)oc6ccccc67)c54)c3)n2)cc1. The van der Waals surface area contributed by atoms with Crippen LogP contribution in [0.2, 0.25) is 0 Å². The third-order valence-electron chi connectivity index (χ3n) is 9.45. The Morgan fingerprint density at radius 3 is 1.72 bits per heavy atom. The Morgan fingerprint density at radius 2 is 0.960 bits per heavy atom. The second-order valence-electron chi connectivity index (χ2n) is 12.5. The fraction of sp³-hybridized carbons (Fsp3) is 0. The summed E-state index contributed by atoms with van der Waals surface area (Å²) < 4.78 is 8.69. The standard InChI is InChI=1S/C45H28N4O/c1-3-13-29(14-4-1)43-46-44(30-15-5-2-6-16-30)48-45(47-43)32-17-11-18-33(27-32)49-39-23-9-7-19-35(39)38-22-12-21-34(42(38)49)31-25-26-37-36-20-8-10-24-40(36)50-41(37)28-31/h1-28H. The molecule has 0 atom stereocenters. The van der Waals surface area contributed by atoms with Gasteiger partial charge in [0.15, 0.2) is 17.5 Å². The molecule has 0 aliphatic carbocycles. The lowest BCUT2D eigenvalue weighted by Gasteiger charge is -2.13. The van der Waals surface area contributed by atoms with Gasteiger partial charge in [0.1, 0.15) is 11.2 Å². The molecule has 0 fully saturated rings. The van der Waals surface area contributed by atoms with Gasteiger partial charge in [0.05, 0.1) is 11.0 Å². The predicted molar refractivity (Wildman–Crippen MR) is 203 cm³/mol. The van der Waals surface area contributed by atoms with E-state index in [0.29, 0.717) is 17.5 Å². The van der Waals surface area contributed by atoms with Gasteiger partial charge in [0.25, 0.3) is 0 Å². The minimum absolute atomic E-state index is 0.621. The fourth-order valence-corrected chi connectivity index (χ4v) is 7.13. The molecule has 10 aromatic rings. The topological polar surface area (TPSA) is 56.7 Å². The van der Waals surface area contributed by atoms with Crippen molar-refractivity contribution in [1.29, 1.82) is 0 Å². The van der Waals surface area contributed by atoms with Gasteiger partial charge in [0, 0.05) is 49.5 Å². The molecule has 7 aromatic carbocycles. The second kappa shape index (κ2) is 11.4. The molecule has 0 bridgehead atoms. The van der Waals surface area contributed by atoms with Crippen molar-refractivity contribution in [2.45, 2.75) is 0 Å². The Morgan fingerprint density at radius 1 is 0.380 bits per heavy atom. The van der Waals surface area contributed by atoms with E-state index in [1.807, 2.05) is 72.8 Å². The van der Waals surface area contributed by atoms with Gasteiger partial charge in [-0.25, -0.2) is 15.0 Å². The first kappa shape index (κ1) is 28.2. The van der Waals surface area contributed by atoms with Crippen LogP contribution in [0.3, 0.4) is 0 Å². The summed E-state index contributed by atoms with van der Waals surface area (Å²) in [6.45, 7) is 0. The van der Waals surface area contributed by atoms with Crippen LogP contribution in [0.25, 0.3) is 94.7 Å². The van der Waals surface area contributed by atoms with Crippen LogP contribution in [0.5, 0.6) is 0 Å². The summed E-state index contributed by atoms with van der Waals surface area (Å²) in [7, 11) is 0. The summed E-state index contributed by atoms with van der Waals surface area (Å²) in [5.41, 5.74) is 10.1. The number of rotatable bonds is 5. The van der Waals surface area contributed by atoms with Gasteiger partial charge >= 0.3 is 0 Å². The van der Waals surface area contributed by atoms with Crippen LogP contribution in [-0.2, 0) is 0 Å². The molecule has 0 saturated carbocycles. The zero-order valence-corrected chi connectivity index (χ0v) is 26.9. The lowest BCUT2D eigenvalue weighted by atomic mass is 10.0. The number of hydrogen-bond donors (Lipinski definition) is 0. The minimum Gasteiger partial charge on any atom is -0.456 e. The molecule has 0 N–H and O–H groups in total. The lowest BCUT2D eigenvalue weighted by molar-refractivity contribution is 0.669. The first-order chi connectivity index (χ1) is 24.8. The van der Waals surface area contributed by atoms with Gasteiger partial charge < -0.3 is 8.98 Å². The van der Waals surface area contributed by atoms with Crippen molar-refractivity contribution in [3.8, 4) is 51.0 Å². The minimum atomic E-state index is 0.621. The zero-order chi connectivity index (χ0) is 33.0. The molecule has 0 spiro atoms. The highest BCUT2D eigenvalue weighted by Crippen LogP contribution is 2.40. The smallest absolute Gasteiger partial charge is 0.164 e. The molecule has 0 radical (unpaired) electrons. The van der Waals surface area contributed by atoms with Gasteiger partial charge in [-0.3, -0.25) is 0 Å². The van der Waals surface area contributed by atoms with E-state index in [2.05, 4.69) is 102 Å². The van der Waals surface area contributed by atoms with Crippen molar-refractivity contribution in [1.82, 2.24) is 19.5 Å². The Kier molecular flexibility index (Phi) is 6.42. The van der Waals surface area contributed by atoms with Gasteiger partial charge in [-0.1, -0.05) is 133 Å². The van der Waals surface area contributed by atoms with Crippen LogP contribution >= 0.6 is 0 Å². The van der Waals surface area contributed by atoms with E-state index >= 15 is 0 Å². The van der Waals surface area contributed by atoms with Crippen molar-refractivity contribution < 1.29 is 4.42 Å². The van der Waals surface area contributed by atoms with Crippen molar-refractivity contribution in [3.05, 3.63) is 170 Å². The quantitative estimate of drug-likeness (QED) is 0.188. The van der Waals surface area contributed by atoms with Gasteiger partial charge in [-0.2, -0.15) is 0 Å². The van der Waals surface area contributed by atoms with Crippen molar-refractivity contribution in [2.24, 2.45) is 0 Å². The van der Waals surface area contributed by atoms with Gasteiger partial charge in [-0.05, 0) is 42.0 Å². The van der Waals surface area contributed by atoms with Crippen LogP contribution in [0, 0.1) is 0 Å². The molecule has 0 aliphatic heterocycles. The average Bonchev–Trinajstić information content (AvgIpc) is 3.74. The van der Waals surface area contributed by atoms with Gasteiger partial charge in [-0.15, -0.1) is 0 Å². The summed E-state index contributed by atoms with van der Waals surface area (Å²) >= 11 is 0. The number of hydrogen-bond acceptors (Lipinski definition) is 4. The third kappa shape index (κ3) is 4.60. The van der Waals surface area contributed by atoms with Crippen LogP contribution in [0.1, 0.15) is 0 Å². The van der Waals surface area contributed by atoms with Crippen molar-refractivity contribution in [2.75, 3.05) is 0 Å². The summed E-state index contributed by atoms with van der Waals surface area (Å²) in [5, 5.41) is 4.62. The maximum absolute atomic E-state index is 6.32. The number of furan rings is 1. The Hall–Kier alpha value is -6.85. The molecule has 10 rings (SSSR count). The van der Waals surface area contributed by atoms with Crippen LogP contribution < -0.4 is 0 Å². The van der Waals surface area contributed by atoms with Crippen LogP contribution in [0.15, 0.2) is 174 Å². The molecular weight excluding hydrogens is 613 g/mol. The monoisotopic (exact) mass is 640 g/mol. The summed E-state index contributed by atoms with van der Waals surface area (Å²) in [6.07, 6.45) is 0. The van der Waals surface area contributed by atoms with Crippen molar-refractivity contribution in [3.63, 3.8) is 0 Å². The second-order valence-corrected chi connectivity index (χ2v) is 12.5. The van der Waals surface area contributed by atoms with E-state index < -0.39 is 0 Å². The first-order valence-electron chi connectivity index (χ1n) is 16.7. The van der Waals surface area contributed by atoms with E-state index in [4.69, 9.17) is 19.4 Å². The number of para-hydroxylation sites is 3. The average molecular weight is 641 g/mol. The molecule has 5 heteroatoms. The van der Waals surface area contributed by atoms with Crippen LogP contribution in [-0.4, -0.2) is 19.5 Å². The number of benzene rings is 7. The molecular formula is C45H28N4O. The first-order valence-corrected chi connectivity index (χ1v) is 16.7. The normalized spacial score (nSPS) is 11.6. The van der Waals surface area contributed by atoms with E-state index in [-0.39, 0.29) is 0 Å². The molecule has 3 aromatic heterocycles. The largest absolute Gasteiger partial charge is 0.456 e. The molecule has 0 unspecified atom stereocenters. The van der Waals surface area contributed by atoms with Crippen molar-refractivity contribution >= 4 is 43.7 Å². The Labute approximate surface area is 287 Å². The fourth-order valence-electron chi connectivity index (χ4n) is 7.13. The molecule has 0 aliphatic rings. The number of nitrogens with zero attached hydrogens (tertiary/aromatic N) is 4. The highest BCUT2D eigenvalue weighted by molar-refractivity contribution is 6.14. The molecule has 50 heavy (non-hydrogen) atoms. The predicted octanol–water partition coefficient (Wildman–Crippen LogP) is 11.5. The third-order valence-corrected chi connectivity index (χ3v) is 9.45. The zero-order valence-electron chi connectivity index (χ0n) is 26.9. The maximum Gasteiger partial charge on any atom is 0.164 e. The maximum atomic E-state index is 6.32. The molecule has 234 valence electrons. The molecule has 0 saturated heterocycles. The number of aromatic nitrogens is 4. The highest BCUT2D eigenvalue weighted by atomic mass is 16.3. The number of fused-ring (bicyclic) bond motifs is 6. The molecule has 0 amide bonds. The Bertz CT molecular complexity index is 2810. The summed E-state index contributed by atoms with van der Waals surface area (Å²) in [5.74, 6) is 1.90. The lowest BCUT2D eigenvalue weighted by Crippen LogP contribution is -2.01. The van der Waals surface area contributed by atoms with E-state index in [0.717, 1.165) is 66.5 Å². The van der Waals surface area contributed by atoms with E-state index in [1.54, 1.807) is 0 Å². The molecule has 5 nitrogen and oxygen atoms in total. The Balaban J connectivity index is 1.19. The van der Waals surface area contributed by atoms with E-state index in [1.165, 1.54) is 10.8 Å². The highest BCUT2D eigenvalue weighted by Gasteiger charge is 2.19. The summed E-state index contributed by atoms with van der Waals surface area (Å²) in [6, 6.07) is 58.6. The van der Waals surface area contributed by atoms with E-state index in [9.17, 15) is 0 Å². The summed E-state index contributed by atoms with van der Waals surface area (Å²) in [4.78, 5) is 14.9. The molecule has 3 heterocycles. The van der Waals surface area contributed by atoms with Gasteiger partial charge in [0.2, 0.25) is 0 Å². The van der Waals surface area contributed by atoms with Crippen LogP contribution in [0.4, 0.5) is 0 Å².